The lowest BCUT2D eigenvalue weighted by Gasteiger charge is -2.16. The van der Waals surface area contributed by atoms with Gasteiger partial charge in [0.05, 0.1) is 29.4 Å². The van der Waals surface area contributed by atoms with Crippen molar-refractivity contribution in [1.82, 2.24) is 14.3 Å². The Morgan fingerprint density at radius 1 is 1.19 bits per heavy atom. The van der Waals surface area contributed by atoms with E-state index in [9.17, 15) is 9.59 Å². The van der Waals surface area contributed by atoms with E-state index in [0.29, 0.717) is 34.4 Å². The van der Waals surface area contributed by atoms with Crippen LogP contribution in [0.25, 0.3) is 16.9 Å². The second-order valence-corrected chi connectivity index (χ2v) is 6.82. The van der Waals surface area contributed by atoms with Gasteiger partial charge in [-0.1, -0.05) is 35.3 Å². The van der Waals surface area contributed by atoms with E-state index in [1.807, 2.05) is 16.5 Å². The van der Waals surface area contributed by atoms with Crippen molar-refractivity contribution in [2.75, 3.05) is 20.2 Å². The number of nitrogens with zero attached hydrogens (tertiary/aromatic N) is 3. The van der Waals surface area contributed by atoms with Gasteiger partial charge in [-0.2, -0.15) is 0 Å². The zero-order valence-electron chi connectivity index (χ0n) is 14.6. The second-order valence-electron chi connectivity index (χ2n) is 5.95. The Hall–Kier alpha value is -2.57. The standard InChI is InChI=1S/C19H17Cl2N3O3/c1-23(8-9-27-12-25)18(26)10-16-19(13-2-4-14(20)5-3-13)22-17-7-6-15(21)11-24(16)17/h2-7,11-12H,8-10H2,1H3. The maximum Gasteiger partial charge on any atom is 0.293 e. The molecule has 140 valence electrons. The number of pyridine rings is 1. The van der Waals surface area contributed by atoms with Gasteiger partial charge in [0.25, 0.3) is 6.47 Å². The monoisotopic (exact) mass is 405 g/mol. The number of carbonyl (C=O) groups is 2. The summed E-state index contributed by atoms with van der Waals surface area (Å²) in [6.07, 6.45) is 1.86. The summed E-state index contributed by atoms with van der Waals surface area (Å²) in [5.74, 6) is -0.124. The number of hydrogen-bond donors (Lipinski definition) is 0. The Labute approximate surface area is 166 Å². The van der Waals surface area contributed by atoms with E-state index in [-0.39, 0.29) is 18.9 Å². The number of likely N-dealkylation sites (N-methyl/N-ethyl adjacent to an activating group) is 1. The summed E-state index contributed by atoms with van der Waals surface area (Å²) in [4.78, 5) is 29.1. The number of fused-ring (bicyclic) bond motifs is 1. The van der Waals surface area contributed by atoms with E-state index < -0.39 is 0 Å². The first-order valence-electron chi connectivity index (χ1n) is 8.21. The van der Waals surface area contributed by atoms with Crippen LogP contribution in [0.2, 0.25) is 10.0 Å². The molecular formula is C19H17Cl2N3O3. The minimum absolute atomic E-state index is 0.122. The van der Waals surface area contributed by atoms with Crippen LogP contribution in [-0.2, 0) is 20.7 Å². The molecule has 3 aromatic rings. The maximum absolute atomic E-state index is 12.7. The van der Waals surface area contributed by atoms with Gasteiger partial charge in [0.2, 0.25) is 5.91 Å². The average molecular weight is 406 g/mol. The van der Waals surface area contributed by atoms with Crippen LogP contribution in [0.1, 0.15) is 5.69 Å². The summed E-state index contributed by atoms with van der Waals surface area (Å²) in [7, 11) is 1.66. The fourth-order valence-electron chi connectivity index (χ4n) is 2.72. The van der Waals surface area contributed by atoms with Gasteiger partial charge in [-0.25, -0.2) is 4.98 Å². The summed E-state index contributed by atoms with van der Waals surface area (Å²) in [5, 5.41) is 1.17. The average Bonchev–Trinajstić information content (AvgIpc) is 3.00. The highest BCUT2D eigenvalue weighted by Gasteiger charge is 2.19. The Morgan fingerprint density at radius 3 is 2.59 bits per heavy atom. The second kappa shape index (κ2) is 8.41. The van der Waals surface area contributed by atoms with Crippen LogP contribution in [0.5, 0.6) is 0 Å². The molecule has 0 spiro atoms. The molecule has 0 atom stereocenters. The first-order valence-corrected chi connectivity index (χ1v) is 8.97. The SMILES string of the molecule is CN(CCOC=O)C(=O)Cc1c(-c2ccc(Cl)cc2)nc2ccc(Cl)cn12. The lowest BCUT2D eigenvalue weighted by Crippen LogP contribution is -2.31. The molecule has 6 nitrogen and oxygen atoms in total. The highest BCUT2D eigenvalue weighted by atomic mass is 35.5. The molecule has 8 heteroatoms. The number of carbonyl (C=O) groups excluding carboxylic acids is 2. The molecule has 0 N–H and O–H groups in total. The van der Waals surface area contributed by atoms with Crippen molar-refractivity contribution in [2.24, 2.45) is 0 Å². The molecule has 0 aliphatic rings. The minimum atomic E-state index is -0.124. The van der Waals surface area contributed by atoms with E-state index in [1.165, 1.54) is 4.90 Å². The predicted molar refractivity (Wildman–Crippen MR) is 104 cm³/mol. The van der Waals surface area contributed by atoms with Gasteiger partial charge in [-0.05, 0) is 24.3 Å². The van der Waals surface area contributed by atoms with Crippen LogP contribution in [0, 0.1) is 0 Å². The Kier molecular flexibility index (Phi) is 5.98. The van der Waals surface area contributed by atoms with E-state index in [0.717, 1.165) is 11.3 Å². The third-order valence-corrected chi connectivity index (χ3v) is 4.63. The molecule has 2 aromatic heterocycles. The molecular weight excluding hydrogens is 389 g/mol. The van der Waals surface area contributed by atoms with E-state index in [4.69, 9.17) is 23.2 Å². The maximum atomic E-state index is 12.7. The number of amides is 1. The number of imidazole rings is 1. The molecule has 27 heavy (non-hydrogen) atoms. The van der Waals surface area contributed by atoms with Crippen LogP contribution < -0.4 is 0 Å². The number of benzene rings is 1. The van der Waals surface area contributed by atoms with Gasteiger partial charge in [0.15, 0.2) is 0 Å². The molecule has 2 heterocycles. The highest BCUT2D eigenvalue weighted by molar-refractivity contribution is 6.30. The molecule has 0 unspecified atom stereocenters. The van der Waals surface area contributed by atoms with Gasteiger partial charge in [0, 0.05) is 23.8 Å². The molecule has 0 radical (unpaired) electrons. The van der Waals surface area contributed by atoms with Gasteiger partial charge in [0.1, 0.15) is 12.3 Å². The van der Waals surface area contributed by atoms with Crippen molar-refractivity contribution in [3.8, 4) is 11.3 Å². The third-order valence-electron chi connectivity index (χ3n) is 4.16. The molecule has 0 aliphatic heterocycles. The number of aromatic nitrogens is 2. The fraction of sp³-hybridized carbons (Fsp3) is 0.211. The molecule has 0 saturated heterocycles. The van der Waals surface area contributed by atoms with Crippen LogP contribution in [0.4, 0.5) is 0 Å². The molecule has 0 bridgehead atoms. The van der Waals surface area contributed by atoms with E-state index in [2.05, 4.69) is 9.72 Å². The summed E-state index contributed by atoms with van der Waals surface area (Å²) < 4.78 is 6.48. The van der Waals surface area contributed by atoms with Gasteiger partial charge >= 0.3 is 0 Å². The Balaban J connectivity index is 1.97. The number of hydrogen-bond acceptors (Lipinski definition) is 4. The molecule has 0 fully saturated rings. The normalized spacial score (nSPS) is 10.8. The molecule has 1 amide bonds. The van der Waals surface area contributed by atoms with Gasteiger partial charge in [-0.3, -0.25) is 9.59 Å². The van der Waals surface area contributed by atoms with Crippen molar-refractivity contribution >= 4 is 41.2 Å². The summed E-state index contributed by atoms with van der Waals surface area (Å²) in [6, 6.07) is 10.8. The first-order chi connectivity index (χ1) is 13.0. The van der Waals surface area contributed by atoms with Crippen molar-refractivity contribution in [3.63, 3.8) is 0 Å². The van der Waals surface area contributed by atoms with Crippen molar-refractivity contribution in [1.29, 1.82) is 0 Å². The van der Waals surface area contributed by atoms with E-state index in [1.54, 1.807) is 37.5 Å². The van der Waals surface area contributed by atoms with Crippen molar-refractivity contribution in [2.45, 2.75) is 6.42 Å². The predicted octanol–water partition coefficient (Wildman–Crippen LogP) is 3.48. The number of ether oxygens (including phenoxy) is 1. The molecule has 3 rings (SSSR count). The van der Waals surface area contributed by atoms with E-state index >= 15 is 0 Å². The van der Waals surface area contributed by atoms with Crippen LogP contribution >= 0.6 is 23.2 Å². The largest absolute Gasteiger partial charge is 0.466 e. The Morgan fingerprint density at radius 2 is 1.89 bits per heavy atom. The smallest absolute Gasteiger partial charge is 0.293 e. The summed E-state index contributed by atoms with van der Waals surface area (Å²) >= 11 is 12.1. The summed E-state index contributed by atoms with van der Waals surface area (Å²) in [5.41, 5.74) is 2.97. The Bertz CT molecular complexity index is 970. The first kappa shape index (κ1) is 19.2. The van der Waals surface area contributed by atoms with Gasteiger partial charge < -0.3 is 14.0 Å². The third kappa shape index (κ3) is 4.40. The zero-order valence-corrected chi connectivity index (χ0v) is 16.1. The minimum Gasteiger partial charge on any atom is -0.466 e. The van der Waals surface area contributed by atoms with Gasteiger partial charge in [-0.15, -0.1) is 0 Å². The molecule has 0 aliphatic carbocycles. The van der Waals surface area contributed by atoms with Crippen molar-refractivity contribution in [3.05, 3.63) is 58.3 Å². The summed E-state index contributed by atoms with van der Waals surface area (Å²) in [6.45, 7) is 0.823. The van der Waals surface area contributed by atoms with Crippen molar-refractivity contribution < 1.29 is 14.3 Å². The molecule has 1 aromatic carbocycles. The zero-order chi connectivity index (χ0) is 19.4. The lowest BCUT2D eigenvalue weighted by atomic mass is 10.1. The van der Waals surface area contributed by atoms with Crippen LogP contribution in [-0.4, -0.2) is 46.9 Å². The highest BCUT2D eigenvalue weighted by Crippen LogP contribution is 2.27. The fourth-order valence-corrected chi connectivity index (χ4v) is 3.00. The van der Waals surface area contributed by atoms with Crippen LogP contribution in [0.3, 0.4) is 0 Å². The molecule has 0 saturated carbocycles. The topological polar surface area (TPSA) is 63.9 Å². The van der Waals surface area contributed by atoms with Crippen LogP contribution in [0.15, 0.2) is 42.6 Å². The lowest BCUT2D eigenvalue weighted by molar-refractivity contribution is -0.134. The quantitative estimate of drug-likeness (QED) is 0.445. The number of halogens is 2. The number of rotatable bonds is 7.